The Morgan fingerprint density at radius 2 is 2.20 bits per heavy atom. The third-order valence-electron chi connectivity index (χ3n) is 2.23. The molecule has 1 aliphatic heterocycles. The van der Waals surface area contributed by atoms with Crippen LogP contribution in [0.25, 0.3) is 0 Å². The van der Waals surface area contributed by atoms with E-state index in [-0.39, 0.29) is 18.0 Å². The molecule has 0 amide bonds. The van der Waals surface area contributed by atoms with E-state index >= 15 is 0 Å². The van der Waals surface area contributed by atoms with Gasteiger partial charge in [0.05, 0.1) is 18.0 Å². The Balaban J connectivity index is 2.53. The van der Waals surface area contributed by atoms with Crippen molar-refractivity contribution < 1.29 is 10.2 Å². The van der Waals surface area contributed by atoms with E-state index in [9.17, 15) is 5.11 Å². The highest BCUT2D eigenvalue weighted by Gasteiger charge is 2.36. The fourth-order valence-electron chi connectivity index (χ4n) is 1.25. The first kappa shape index (κ1) is 8.43. The van der Waals surface area contributed by atoms with E-state index in [0.717, 1.165) is 0 Å². The number of hydrogen-bond acceptors (Lipinski definition) is 3. The molecule has 1 fully saturated rings. The first-order chi connectivity index (χ1) is 4.66. The fraction of sp³-hybridized carbons (Fsp3) is 1.00. The lowest BCUT2D eigenvalue weighted by Crippen LogP contribution is -2.27. The van der Waals surface area contributed by atoms with Gasteiger partial charge in [0.25, 0.3) is 0 Å². The van der Waals surface area contributed by atoms with E-state index in [1.807, 2.05) is 6.92 Å². The van der Waals surface area contributed by atoms with Gasteiger partial charge in [0.2, 0.25) is 0 Å². The average Bonchev–Trinajstić information content (AvgIpc) is 2.17. The van der Waals surface area contributed by atoms with Crippen LogP contribution in [-0.2, 0) is 0 Å². The maximum Gasteiger partial charge on any atom is 0.118 e. The van der Waals surface area contributed by atoms with Gasteiger partial charge in [-0.05, 0) is 11.1 Å². The van der Waals surface area contributed by atoms with Crippen molar-refractivity contribution >= 4 is 19.6 Å². The zero-order chi connectivity index (χ0) is 7.72. The van der Waals surface area contributed by atoms with Gasteiger partial charge in [0, 0.05) is 0 Å². The summed E-state index contributed by atoms with van der Waals surface area (Å²) >= 11 is 1.68. The lowest BCUT2D eigenvalue weighted by molar-refractivity contribution is 0.108. The molecule has 0 aromatic rings. The largest absolute Gasteiger partial charge is 0.395 e. The van der Waals surface area contributed by atoms with Crippen molar-refractivity contribution in [3.05, 3.63) is 0 Å². The van der Waals surface area contributed by atoms with Crippen molar-refractivity contribution in [1.29, 1.82) is 0 Å². The Morgan fingerprint density at radius 3 is 2.40 bits per heavy atom. The second kappa shape index (κ2) is 3.16. The van der Waals surface area contributed by atoms with Gasteiger partial charge in [-0.2, -0.15) is 11.8 Å². The van der Waals surface area contributed by atoms with Gasteiger partial charge in [0.1, 0.15) is 7.85 Å². The molecule has 0 bridgehead atoms. The SMILES string of the molecule is B[C@@H]1S[C@H](CO)C(O)[C@@H]1C. The van der Waals surface area contributed by atoms with Crippen LogP contribution in [0.4, 0.5) is 0 Å². The molecular weight excluding hydrogens is 147 g/mol. The highest BCUT2D eigenvalue weighted by atomic mass is 32.2. The van der Waals surface area contributed by atoms with Crippen molar-refractivity contribution in [2.45, 2.75) is 23.4 Å². The summed E-state index contributed by atoms with van der Waals surface area (Å²) in [4.78, 5) is 0. The maximum atomic E-state index is 9.45. The Morgan fingerprint density at radius 1 is 1.60 bits per heavy atom. The summed E-state index contributed by atoms with van der Waals surface area (Å²) in [5.74, 6) is 0.321. The molecule has 4 heteroatoms. The number of aliphatic hydroxyl groups is 2. The maximum absolute atomic E-state index is 9.45. The summed E-state index contributed by atoms with van der Waals surface area (Å²) in [5, 5.41) is 18.8. The second-order valence-corrected chi connectivity index (χ2v) is 4.53. The van der Waals surface area contributed by atoms with Crippen molar-refractivity contribution in [2.24, 2.45) is 5.92 Å². The summed E-state index contributed by atoms with van der Waals surface area (Å²) in [7, 11) is 2.09. The summed E-state index contributed by atoms with van der Waals surface area (Å²) < 4.78 is 0. The normalized spacial score (nSPS) is 47.9. The van der Waals surface area contributed by atoms with E-state index in [1.54, 1.807) is 11.8 Å². The molecule has 58 valence electrons. The summed E-state index contributed by atoms with van der Waals surface area (Å²) in [5.41, 5.74) is 0. The smallest absolute Gasteiger partial charge is 0.118 e. The number of aliphatic hydroxyl groups excluding tert-OH is 2. The predicted octanol–water partition coefficient (Wildman–Crippen LogP) is -0.950. The van der Waals surface area contributed by atoms with Gasteiger partial charge in [0.15, 0.2) is 0 Å². The monoisotopic (exact) mass is 160 g/mol. The van der Waals surface area contributed by atoms with Crippen LogP contribution in [0.2, 0.25) is 0 Å². The van der Waals surface area contributed by atoms with Crippen LogP contribution in [0, 0.1) is 5.92 Å². The zero-order valence-electron chi connectivity index (χ0n) is 6.32. The first-order valence-corrected chi connectivity index (χ1v) is 4.55. The fourth-order valence-corrected chi connectivity index (χ4v) is 2.70. The standard InChI is InChI=1S/C6H13BO2S/c1-3-5(9)4(2-8)10-6(3)7/h3-6,8-9H,2,7H2,1H3/t3-,4+,5?,6+/m0/s1. The second-order valence-electron chi connectivity index (χ2n) is 2.91. The van der Waals surface area contributed by atoms with Crippen LogP contribution >= 0.6 is 11.8 Å². The molecule has 1 unspecified atom stereocenters. The average molecular weight is 160 g/mol. The number of hydrogen-bond donors (Lipinski definition) is 2. The van der Waals surface area contributed by atoms with Gasteiger partial charge in [-0.3, -0.25) is 0 Å². The summed E-state index contributed by atoms with van der Waals surface area (Å²) in [6.07, 6.45) is -0.315. The minimum absolute atomic E-state index is 0.0463. The predicted molar refractivity (Wildman–Crippen MR) is 46.0 cm³/mol. The molecule has 2 N–H and O–H groups in total. The van der Waals surface area contributed by atoms with Crippen molar-refractivity contribution in [3.63, 3.8) is 0 Å². The molecule has 10 heavy (non-hydrogen) atoms. The molecule has 1 rings (SSSR count). The molecule has 0 saturated carbocycles. The summed E-state index contributed by atoms with van der Waals surface area (Å²) in [6.45, 7) is 2.12. The van der Waals surface area contributed by atoms with Crippen LogP contribution in [0.3, 0.4) is 0 Å². The van der Waals surface area contributed by atoms with E-state index in [4.69, 9.17) is 5.11 Å². The molecule has 1 saturated heterocycles. The Bertz CT molecular complexity index is 122. The van der Waals surface area contributed by atoms with Crippen LogP contribution in [0.5, 0.6) is 0 Å². The number of rotatable bonds is 1. The molecule has 4 atom stereocenters. The Kier molecular flexibility index (Phi) is 2.66. The Labute approximate surface area is 66.4 Å². The summed E-state index contributed by atoms with van der Waals surface area (Å²) in [6, 6.07) is 0. The highest BCUT2D eigenvalue weighted by Crippen LogP contribution is 2.36. The van der Waals surface area contributed by atoms with Gasteiger partial charge >= 0.3 is 0 Å². The molecular formula is C6H13BO2S. The van der Waals surface area contributed by atoms with E-state index in [0.29, 0.717) is 11.1 Å². The quantitative estimate of drug-likeness (QED) is 0.486. The van der Waals surface area contributed by atoms with E-state index in [1.165, 1.54) is 0 Å². The highest BCUT2D eigenvalue weighted by molar-refractivity contribution is 8.01. The first-order valence-electron chi connectivity index (χ1n) is 3.61. The van der Waals surface area contributed by atoms with Crippen LogP contribution < -0.4 is 0 Å². The molecule has 1 aliphatic rings. The third kappa shape index (κ3) is 1.33. The molecule has 1 heterocycles. The molecule has 0 aliphatic carbocycles. The lowest BCUT2D eigenvalue weighted by Gasteiger charge is -2.13. The van der Waals surface area contributed by atoms with Crippen LogP contribution in [0.1, 0.15) is 6.92 Å². The zero-order valence-corrected chi connectivity index (χ0v) is 7.14. The minimum Gasteiger partial charge on any atom is -0.395 e. The molecule has 2 nitrogen and oxygen atoms in total. The van der Waals surface area contributed by atoms with Crippen LogP contribution in [0.15, 0.2) is 0 Å². The minimum atomic E-state index is -0.315. The van der Waals surface area contributed by atoms with E-state index < -0.39 is 0 Å². The van der Waals surface area contributed by atoms with E-state index in [2.05, 4.69) is 7.85 Å². The lowest BCUT2D eigenvalue weighted by atomic mass is 9.87. The van der Waals surface area contributed by atoms with Gasteiger partial charge < -0.3 is 10.2 Å². The molecule has 0 radical (unpaired) electrons. The third-order valence-corrected chi connectivity index (χ3v) is 3.87. The van der Waals surface area contributed by atoms with Gasteiger partial charge in [-0.25, -0.2) is 0 Å². The van der Waals surface area contributed by atoms with Crippen LogP contribution in [-0.4, -0.2) is 41.2 Å². The topological polar surface area (TPSA) is 40.5 Å². The van der Waals surface area contributed by atoms with Crippen molar-refractivity contribution in [3.8, 4) is 0 Å². The van der Waals surface area contributed by atoms with Gasteiger partial charge in [-0.1, -0.05) is 6.92 Å². The molecule has 0 aromatic carbocycles. The van der Waals surface area contributed by atoms with Gasteiger partial charge in [-0.15, -0.1) is 0 Å². The number of thioether (sulfide) groups is 1. The van der Waals surface area contributed by atoms with Crippen molar-refractivity contribution in [2.75, 3.05) is 6.61 Å². The Hall–Kier alpha value is 0.335. The molecule has 0 aromatic heterocycles. The molecule has 0 spiro atoms. The van der Waals surface area contributed by atoms with Crippen molar-refractivity contribution in [1.82, 2.24) is 0 Å².